The van der Waals surface area contributed by atoms with Crippen LogP contribution in [0.15, 0.2) is 24.3 Å². The van der Waals surface area contributed by atoms with Crippen LogP contribution in [0.25, 0.3) is 0 Å². The third kappa shape index (κ3) is 5.19. The summed E-state index contributed by atoms with van der Waals surface area (Å²) in [7, 11) is 0. The summed E-state index contributed by atoms with van der Waals surface area (Å²) in [5.41, 5.74) is 0.971. The highest BCUT2D eigenvalue weighted by Crippen LogP contribution is 2.23. The fourth-order valence-electron chi connectivity index (χ4n) is 3.48. The van der Waals surface area contributed by atoms with Gasteiger partial charge in [-0.25, -0.2) is 0 Å². The van der Waals surface area contributed by atoms with Crippen LogP contribution in [-0.2, 0) is 4.74 Å². The summed E-state index contributed by atoms with van der Waals surface area (Å²) in [5, 5.41) is 6.86. The summed E-state index contributed by atoms with van der Waals surface area (Å²) in [4.78, 5) is 16.2. The largest absolute Gasteiger partial charge is 0.378 e. The molecule has 27 heavy (non-hydrogen) atoms. The molecule has 2 aliphatic rings. The molecule has 0 bridgehead atoms. The van der Waals surface area contributed by atoms with Gasteiger partial charge in [-0.15, -0.1) is 0 Å². The van der Waals surface area contributed by atoms with Gasteiger partial charge in [0.15, 0.2) is 0 Å². The van der Waals surface area contributed by atoms with E-state index in [9.17, 15) is 0 Å². The number of benzene rings is 1. The Morgan fingerprint density at radius 2 is 1.63 bits per heavy atom. The zero-order chi connectivity index (χ0) is 18.5. The summed E-state index contributed by atoms with van der Waals surface area (Å²) in [6, 6.07) is 8.65. The Kier molecular flexibility index (Phi) is 6.23. The SMILES string of the molecule is Ic1ccc(Nc2nc(NC3CCCCC3)nc(N3CCOCC3)n2)cc1. The fourth-order valence-corrected chi connectivity index (χ4v) is 3.84. The zero-order valence-electron chi connectivity index (χ0n) is 15.3. The van der Waals surface area contributed by atoms with Gasteiger partial charge in [0, 0.05) is 28.4 Å². The van der Waals surface area contributed by atoms with Crippen molar-refractivity contribution in [1.29, 1.82) is 0 Å². The lowest BCUT2D eigenvalue weighted by atomic mass is 9.96. The first-order valence-corrected chi connectivity index (χ1v) is 10.7. The smallest absolute Gasteiger partial charge is 0.233 e. The van der Waals surface area contributed by atoms with E-state index in [0.29, 0.717) is 37.1 Å². The average molecular weight is 480 g/mol. The molecule has 0 amide bonds. The van der Waals surface area contributed by atoms with Gasteiger partial charge >= 0.3 is 0 Å². The molecule has 1 aliphatic carbocycles. The molecule has 1 aromatic heterocycles. The molecule has 1 saturated heterocycles. The number of ether oxygens (including phenoxy) is 1. The highest BCUT2D eigenvalue weighted by Gasteiger charge is 2.19. The maximum absolute atomic E-state index is 5.47. The molecule has 4 rings (SSSR count). The van der Waals surface area contributed by atoms with E-state index in [4.69, 9.17) is 9.72 Å². The zero-order valence-corrected chi connectivity index (χ0v) is 17.5. The summed E-state index contributed by atoms with van der Waals surface area (Å²) in [6.45, 7) is 3.01. The van der Waals surface area contributed by atoms with E-state index >= 15 is 0 Å². The second-order valence-electron chi connectivity index (χ2n) is 6.99. The molecule has 2 heterocycles. The minimum atomic E-state index is 0.449. The number of hydrogen-bond donors (Lipinski definition) is 2. The molecule has 0 unspecified atom stereocenters. The van der Waals surface area contributed by atoms with E-state index < -0.39 is 0 Å². The van der Waals surface area contributed by atoms with Crippen molar-refractivity contribution in [2.45, 2.75) is 38.1 Å². The van der Waals surface area contributed by atoms with Crippen molar-refractivity contribution >= 4 is 46.1 Å². The topological polar surface area (TPSA) is 75.2 Å². The summed E-state index contributed by atoms with van der Waals surface area (Å²) in [6.07, 6.45) is 6.23. The average Bonchev–Trinajstić information content (AvgIpc) is 2.71. The van der Waals surface area contributed by atoms with Crippen molar-refractivity contribution in [3.05, 3.63) is 27.8 Å². The van der Waals surface area contributed by atoms with Crippen LogP contribution in [0.2, 0.25) is 0 Å². The van der Waals surface area contributed by atoms with E-state index in [-0.39, 0.29) is 0 Å². The van der Waals surface area contributed by atoms with Crippen LogP contribution >= 0.6 is 22.6 Å². The molecule has 1 saturated carbocycles. The summed E-state index contributed by atoms with van der Waals surface area (Å²) < 4.78 is 6.66. The van der Waals surface area contributed by atoms with Crippen LogP contribution in [0.3, 0.4) is 0 Å². The molecule has 0 atom stereocenters. The van der Waals surface area contributed by atoms with Gasteiger partial charge in [0.1, 0.15) is 0 Å². The van der Waals surface area contributed by atoms with Gasteiger partial charge in [-0.3, -0.25) is 0 Å². The highest BCUT2D eigenvalue weighted by molar-refractivity contribution is 14.1. The predicted octanol–water partition coefficient (Wildman–Crippen LogP) is 3.80. The van der Waals surface area contributed by atoms with Gasteiger partial charge in [-0.05, 0) is 59.7 Å². The first-order chi connectivity index (χ1) is 13.3. The van der Waals surface area contributed by atoms with Crippen LogP contribution < -0.4 is 15.5 Å². The second kappa shape index (κ2) is 9.01. The Balaban J connectivity index is 1.57. The Labute approximate surface area is 173 Å². The van der Waals surface area contributed by atoms with E-state index in [0.717, 1.165) is 18.8 Å². The van der Waals surface area contributed by atoms with Gasteiger partial charge in [0.05, 0.1) is 13.2 Å². The van der Waals surface area contributed by atoms with Crippen molar-refractivity contribution in [3.8, 4) is 0 Å². The minimum absolute atomic E-state index is 0.449. The number of halogens is 1. The van der Waals surface area contributed by atoms with E-state index in [2.05, 4.69) is 60.2 Å². The number of hydrogen-bond acceptors (Lipinski definition) is 7. The van der Waals surface area contributed by atoms with Gasteiger partial charge in [0.2, 0.25) is 17.8 Å². The quantitative estimate of drug-likeness (QED) is 0.631. The molecule has 2 aromatic rings. The number of anilines is 4. The van der Waals surface area contributed by atoms with Crippen LogP contribution in [0.4, 0.5) is 23.5 Å². The Hall–Kier alpha value is -1.68. The predicted molar refractivity (Wildman–Crippen MR) is 116 cm³/mol. The van der Waals surface area contributed by atoms with Crippen LogP contribution in [0, 0.1) is 3.57 Å². The van der Waals surface area contributed by atoms with Gasteiger partial charge < -0.3 is 20.3 Å². The molecule has 0 radical (unpaired) electrons. The lowest BCUT2D eigenvalue weighted by molar-refractivity contribution is 0.122. The normalized spacial score (nSPS) is 18.3. The number of nitrogens with one attached hydrogen (secondary N) is 2. The van der Waals surface area contributed by atoms with Crippen molar-refractivity contribution in [2.75, 3.05) is 41.8 Å². The first kappa shape index (κ1) is 18.7. The molecule has 1 aliphatic heterocycles. The third-order valence-corrected chi connectivity index (χ3v) is 5.68. The number of rotatable bonds is 5. The summed E-state index contributed by atoms with van der Waals surface area (Å²) in [5.74, 6) is 1.94. The molecule has 0 spiro atoms. The molecule has 2 N–H and O–H groups in total. The molecular weight excluding hydrogens is 455 g/mol. The Morgan fingerprint density at radius 3 is 2.37 bits per heavy atom. The third-order valence-electron chi connectivity index (χ3n) is 4.96. The standard InChI is InChI=1S/C19H25IN6O/c20-14-6-8-16(9-7-14)22-18-23-17(21-15-4-2-1-3-5-15)24-19(25-18)26-10-12-27-13-11-26/h6-9,15H,1-5,10-13H2,(H2,21,22,23,24,25). The highest BCUT2D eigenvalue weighted by atomic mass is 127. The first-order valence-electron chi connectivity index (χ1n) is 9.64. The monoisotopic (exact) mass is 480 g/mol. The molecule has 7 nitrogen and oxygen atoms in total. The minimum Gasteiger partial charge on any atom is -0.378 e. The lowest BCUT2D eigenvalue weighted by Crippen LogP contribution is -2.37. The number of nitrogens with zero attached hydrogens (tertiary/aromatic N) is 4. The van der Waals surface area contributed by atoms with Gasteiger partial charge in [-0.2, -0.15) is 15.0 Å². The van der Waals surface area contributed by atoms with E-state index in [1.54, 1.807) is 0 Å². The molecule has 8 heteroatoms. The van der Waals surface area contributed by atoms with Crippen LogP contribution in [-0.4, -0.2) is 47.3 Å². The van der Waals surface area contributed by atoms with Crippen molar-refractivity contribution < 1.29 is 4.74 Å². The molecule has 1 aromatic carbocycles. The van der Waals surface area contributed by atoms with Gasteiger partial charge in [-0.1, -0.05) is 19.3 Å². The van der Waals surface area contributed by atoms with Crippen molar-refractivity contribution in [1.82, 2.24) is 15.0 Å². The van der Waals surface area contributed by atoms with Crippen LogP contribution in [0.1, 0.15) is 32.1 Å². The summed E-state index contributed by atoms with van der Waals surface area (Å²) >= 11 is 2.30. The maximum atomic E-state index is 5.47. The Morgan fingerprint density at radius 1 is 0.926 bits per heavy atom. The fraction of sp³-hybridized carbons (Fsp3) is 0.526. The second-order valence-corrected chi connectivity index (χ2v) is 8.24. The van der Waals surface area contributed by atoms with E-state index in [1.807, 2.05) is 12.1 Å². The Bertz CT molecular complexity index is 744. The lowest BCUT2D eigenvalue weighted by Gasteiger charge is -2.28. The molecule has 144 valence electrons. The molecule has 2 fully saturated rings. The number of morpholine rings is 1. The van der Waals surface area contributed by atoms with Crippen molar-refractivity contribution in [2.24, 2.45) is 0 Å². The van der Waals surface area contributed by atoms with Crippen LogP contribution in [0.5, 0.6) is 0 Å². The van der Waals surface area contributed by atoms with Crippen molar-refractivity contribution in [3.63, 3.8) is 0 Å². The van der Waals surface area contributed by atoms with E-state index in [1.165, 1.54) is 35.7 Å². The number of aromatic nitrogens is 3. The molecular formula is C19H25IN6O. The van der Waals surface area contributed by atoms with Gasteiger partial charge in [0.25, 0.3) is 0 Å². The maximum Gasteiger partial charge on any atom is 0.233 e.